The second-order valence-corrected chi connectivity index (χ2v) is 10.7. The quantitative estimate of drug-likeness (QED) is 0.0527. The Morgan fingerprint density at radius 3 is 1.94 bits per heavy atom. The highest BCUT2D eigenvalue weighted by molar-refractivity contribution is 5.96. The van der Waals surface area contributed by atoms with Crippen LogP contribution >= 0.6 is 0 Å². The maximum Gasteiger partial charge on any atom is 0.328 e. The Morgan fingerprint density at radius 1 is 0.787 bits per heavy atom. The Bertz CT molecular complexity index is 1220. The number of aliphatic hydroxyl groups is 2. The molecule has 0 bridgehead atoms. The van der Waals surface area contributed by atoms with Crippen LogP contribution in [0.25, 0.3) is 0 Å². The van der Waals surface area contributed by atoms with Crippen molar-refractivity contribution >= 4 is 41.5 Å². The standard InChI is InChI=1S/C29H45N7O11/c1-16(38)24(29(46)47)36-22(39)14-32-26(43)19(9-5-6-12-30)33-27(44)20(13-17-7-3-2-4-8-17)34-28(45)21(15-37)35-25(42)18(31)10-11-23(40)41/h2-4,7-8,16,18-21,24,37-38H,5-6,9-15,30-31H2,1H3,(H,32,43)(H,33,44)(H,34,45)(H,35,42)(H,36,39)(H,40,41)(H,46,47)/t16-,18+,19+,20+,21+,24+/m1/s1. The van der Waals surface area contributed by atoms with Gasteiger partial charge >= 0.3 is 11.9 Å². The lowest BCUT2D eigenvalue weighted by Crippen LogP contribution is -2.59. The molecule has 0 spiro atoms. The molecule has 0 saturated carbocycles. The summed E-state index contributed by atoms with van der Waals surface area (Å²) in [5.41, 5.74) is 11.9. The van der Waals surface area contributed by atoms with Crippen molar-refractivity contribution in [3.63, 3.8) is 0 Å². The number of aliphatic hydroxyl groups excluding tert-OH is 2. The Kier molecular flexibility index (Phi) is 18.2. The molecular formula is C29H45N7O11. The smallest absolute Gasteiger partial charge is 0.328 e. The molecule has 1 aromatic carbocycles. The first kappa shape index (κ1) is 40.4. The molecule has 1 rings (SSSR count). The van der Waals surface area contributed by atoms with E-state index in [-0.39, 0.29) is 19.3 Å². The van der Waals surface area contributed by atoms with Crippen molar-refractivity contribution in [2.24, 2.45) is 11.5 Å². The molecule has 0 fully saturated rings. The van der Waals surface area contributed by atoms with Crippen molar-refractivity contribution in [2.75, 3.05) is 19.7 Å². The summed E-state index contributed by atoms with van der Waals surface area (Å²) in [7, 11) is 0. The number of nitrogens with one attached hydrogen (secondary N) is 5. The fourth-order valence-electron chi connectivity index (χ4n) is 4.15. The SMILES string of the molecule is C[C@@H](O)[C@H](NC(=O)CNC(=O)[C@H](CCCCN)NC(=O)[C@H](Cc1ccccc1)NC(=O)[C@H](CO)NC(=O)[C@@H](N)CCC(=O)O)C(=O)O. The lowest BCUT2D eigenvalue weighted by atomic mass is 10.0. The molecule has 0 heterocycles. The molecule has 0 aliphatic heterocycles. The number of unbranched alkanes of at least 4 members (excludes halogenated alkanes) is 1. The van der Waals surface area contributed by atoms with Crippen LogP contribution in [0.2, 0.25) is 0 Å². The molecular weight excluding hydrogens is 622 g/mol. The molecule has 18 nitrogen and oxygen atoms in total. The minimum atomic E-state index is -1.62. The average Bonchev–Trinajstić information content (AvgIpc) is 3.02. The first-order chi connectivity index (χ1) is 22.2. The summed E-state index contributed by atoms with van der Waals surface area (Å²) in [5.74, 6) is -7.05. The van der Waals surface area contributed by atoms with E-state index in [1.807, 2.05) is 0 Å². The third-order valence-corrected chi connectivity index (χ3v) is 6.81. The largest absolute Gasteiger partial charge is 0.481 e. The van der Waals surface area contributed by atoms with Crippen LogP contribution in [0.4, 0.5) is 0 Å². The van der Waals surface area contributed by atoms with Gasteiger partial charge in [0.2, 0.25) is 29.5 Å². The van der Waals surface area contributed by atoms with E-state index in [4.69, 9.17) is 21.7 Å². The normalized spacial score (nSPS) is 14.7. The lowest BCUT2D eigenvalue weighted by molar-refractivity contribution is -0.144. The van der Waals surface area contributed by atoms with E-state index in [1.54, 1.807) is 30.3 Å². The molecule has 6 atom stereocenters. The minimum Gasteiger partial charge on any atom is -0.481 e. The summed E-state index contributed by atoms with van der Waals surface area (Å²) in [5, 5.41) is 48.9. The van der Waals surface area contributed by atoms with Crippen molar-refractivity contribution in [1.82, 2.24) is 26.6 Å². The summed E-state index contributed by atoms with van der Waals surface area (Å²) in [6.07, 6.45) is -1.16. The van der Waals surface area contributed by atoms with Gasteiger partial charge in [-0.05, 0) is 44.7 Å². The van der Waals surface area contributed by atoms with E-state index in [0.29, 0.717) is 24.9 Å². The van der Waals surface area contributed by atoms with Gasteiger partial charge in [0.15, 0.2) is 6.04 Å². The van der Waals surface area contributed by atoms with Gasteiger partial charge in [-0.1, -0.05) is 30.3 Å². The Morgan fingerprint density at radius 2 is 1.38 bits per heavy atom. The number of carbonyl (C=O) groups excluding carboxylic acids is 5. The van der Waals surface area contributed by atoms with Crippen LogP contribution in [0, 0.1) is 0 Å². The van der Waals surface area contributed by atoms with Gasteiger partial charge in [-0.3, -0.25) is 28.8 Å². The lowest BCUT2D eigenvalue weighted by Gasteiger charge is -2.25. The Labute approximate surface area is 271 Å². The van der Waals surface area contributed by atoms with Gasteiger partial charge in [-0.25, -0.2) is 4.79 Å². The number of carbonyl (C=O) groups is 7. The van der Waals surface area contributed by atoms with Crippen LogP contribution in [0.5, 0.6) is 0 Å². The van der Waals surface area contributed by atoms with Crippen LogP contribution in [0.1, 0.15) is 44.6 Å². The van der Waals surface area contributed by atoms with Gasteiger partial charge < -0.3 is 58.5 Å². The highest BCUT2D eigenvalue weighted by Gasteiger charge is 2.31. The summed E-state index contributed by atoms with van der Waals surface area (Å²) in [6.45, 7) is -0.0942. The van der Waals surface area contributed by atoms with Crippen molar-refractivity contribution in [2.45, 2.75) is 81.8 Å². The molecule has 0 aromatic heterocycles. The molecule has 0 aliphatic rings. The third kappa shape index (κ3) is 15.5. The fraction of sp³-hybridized carbons (Fsp3) is 0.552. The second-order valence-electron chi connectivity index (χ2n) is 10.7. The van der Waals surface area contributed by atoms with Crippen LogP contribution in [0.3, 0.4) is 0 Å². The van der Waals surface area contributed by atoms with Crippen LogP contribution in [-0.4, -0.2) is 118 Å². The van der Waals surface area contributed by atoms with E-state index in [9.17, 15) is 43.8 Å². The van der Waals surface area contributed by atoms with E-state index in [1.165, 1.54) is 6.92 Å². The van der Waals surface area contributed by atoms with Crippen molar-refractivity contribution in [1.29, 1.82) is 0 Å². The number of rotatable bonds is 22. The van der Waals surface area contributed by atoms with E-state index < -0.39 is 97.4 Å². The van der Waals surface area contributed by atoms with Gasteiger partial charge in [-0.2, -0.15) is 0 Å². The molecule has 1 aromatic rings. The predicted molar refractivity (Wildman–Crippen MR) is 165 cm³/mol. The highest BCUT2D eigenvalue weighted by Crippen LogP contribution is 2.07. The maximum atomic E-state index is 13.5. The summed E-state index contributed by atoms with van der Waals surface area (Å²) < 4.78 is 0. The molecule has 0 aliphatic carbocycles. The predicted octanol–water partition coefficient (Wildman–Crippen LogP) is -3.94. The monoisotopic (exact) mass is 667 g/mol. The van der Waals surface area contributed by atoms with Crippen LogP contribution in [0.15, 0.2) is 30.3 Å². The van der Waals surface area contributed by atoms with Gasteiger partial charge in [0.1, 0.15) is 18.1 Å². The number of aliphatic carboxylic acids is 2. The Hall–Kier alpha value is -4.65. The first-order valence-corrected chi connectivity index (χ1v) is 14.9. The van der Waals surface area contributed by atoms with Crippen molar-refractivity contribution in [3.8, 4) is 0 Å². The van der Waals surface area contributed by atoms with Crippen molar-refractivity contribution in [3.05, 3.63) is 35.9 Å². The van der Waals surface area contributed by atoms with E-state index >= 15 is 0 Å². The summed E-state index contributed by atoms with van der Waals surface area (Å²) >= 11 is 0. The molecule has 5 amide bonds. The van der Waals surface area contributed by atoms with E-state index in [2.05, 4.69) is 26.6 Å². The zero-order valence-electron chi connectivity index (χ0n) is 26.0. The number of hydrogen-bond acceptors (Lipinski definition) is 11. The number of carboxylic acids is 2. The topological polar surface area (TPSA) is 313 Å². The fourth-order valence-corrected chi connectivity index (χ4v) is 4.15. The Balaban J connectivity index is 3.10. The molecule has 262 valence electrons. The molecule has 13 N–H and O–H groups in total. The van der Waals surface area contributed by atoms with Gasteiger partial charge in [0.05, 0.1) is 25.3 Å². The number of benzene rings is 1. The van der Waals surface area contributed by atoms with Gasteiger partial charge in [0.25, 0.3) is 0 Å². The number of amides is 5. The maximum absolute atomic E-state index is 13.5. The van der Waals surface area contributed by atoms with Gasteiger partial charge in [-0.15, -0.1) is 0 Å². The molecule has 0 radical (unpaired) electrons. The molecule has 0 unspecified atom stereocenters. The highest BCUT2D eigenvalue weighted by atomic mass is 16.4. The summed E-state index contributed by atoms with van der Waals surface area (Å²) in [4.78, 5) is 86.3. The second kappa shape index (κ2) is 21.2. The molecule has 18 heteroatoms. The van der Waals surface area contributed by atoms with Gasteiger partial charge in [0, 0.05) is 12.8 Å². The average molecular weight is 668 g/mol. The summed E-state index contributed by atoms with van der Waals surface area (Å²) in [6, 6.07) is 1.49. The third-order valence-electron chi connectivity index (χ3n) is 6.81. The molecule has 0 saturated heterocycles. The van der Waals surface area contributed by atoms with Crippen molar-refractivity contribution < 1.29 is 54.0 Å². The van der Waals surface area contributed by atoms with E-state index in [0.717, 1.165) is 0 Å². The van der Waals surface area contributed by atoms with Crippen LogP contribution in [-0.2, 0) is 40.0 Å². The zero-order valence-corrected chi connectivity index (χ0v) is 26.0. The number of carboxylic acid groups (broad SMARTS) is 2. The van der Waals surface area contributed by atoms with Crippen LogP contribution < -0.4 is 38.1 Å². The molecule has 47 heavy (non-hydrogen) atoms. The minimum absolute atomic E-state index is 0.0713. The zero-order chi connectivity index (χ0) is 35.5. The first-order valence-electron chi connectivity index (χ1n) is 14.9. The number of hydrogen-bond donors (Lipinski definition) is 11. The number of nitrogens with two attached hydrogens (primary N) is 2.